The summed E-state index contributed by atoms with van der Waals surface area (Å²) in [6.07, 6.45) is 2.96. The van der Waals surface area contributed by atoms with Crippen LogP contribution in [0.15, 0.2) is 36.7 Å². The lowest BCUT2D eigenvalue weighted by Crippen LogP contribution is -2.00. The third kappa shape index (κ3) is 1.84. The van der Waals surface area contributed by atoms with Crippen LogP contribution in [0.2, 0.25) is 0 Å². The number of hydrogen-bond acceptors (Lipinski definition) is 3. The number of pyridine rings is 1. The lowest BCUT2D eigenvalue weighted by molar-refractivity contribution is 0.0697. The highest BCUT2D eigenvalue weighted by Gasteiger charge is 2.13. The first-order chi connectivity index (χ1) is 9.58. The first-order valence-electron chi connectivity index (χ1n) is 6.18. The molecule has 0 radical (unpaired) electrons. The maximum atomic E-state index is 11.3. The molecule has 0 unspecified atom stereocenters. The zero-order valence-corrected chi connectivity index (χ0v) is 11.2. The summed E-state index contributed by atoms with van der Waals surface area (Å²) < 4.78 is 2.00. The summed E-state index contributed by atoms with van der Waals surface area (Å²) >= 11 is 0. The molecule has 20 heavy (non-hydrogen) atoms. The molecule has 2 aromatic heterocycles. The number of rotatable bonds is 2. The van der Waals surface area contributed by atoms with E-state index in [9.17, 15) is 9.90 Å². The maximum Gasteiger partial charge on any atom is 0.337 e. The van der Waals surface area contributed by atoms with E-state index in [0.717, 1.165) is 22.4 Å². The van der Waals surface area contributed by atoms with Crippen molar-refractivity contribution in [3.63, 3.8) is 0 Å². The Kier molecular flexibility index (Phi) is 2.75. The standard InChI is InChI=1S/C15H13N3O2/c1-9-17-13-7-10(3-4-14(13)18(9)2)11-5-6-16-8-12(11)15(19)20/h3-8H,1-2H3,(H,19,20). The van der Waals surface area contributed by atoms with E-state index in [1.807, 2.05) is 36.7 Å². The molecule has 0 aliphatic rings. The molecule has 2 heterocycles. The number of fused-ring (bicyclic) bond motifs is 1. The van der Waals surface area contributed by atoms with Crippen molar-refractivity contribution >= 4 is 17.0 Å². The van der Waals surface area contributed by atoms with E-state index in [0.29, 0.717) is 5.56 Å². The van der Waals surface area contributed by atoms with Gasteiger partial charge in [0.15, 0.2) is 0 Å². The van der Waals surface area contributed by atoms with Crippen molar-refractivity contribution in [2.45, 2.75) is 6.92 Å². The average Bonchev–Trinajstić information content (AvgIpc) is 2.73. The number of aromatic carboxylic acids is 1. The fourth-order valence-electron chi connectivity index (χ4n) is 2.30. The van der Waals surface area contributed by atoms with Crippen LogP contribution in [0, 0.1) is 6.92 Å². The minimum Gasteiger partial charge on any atom is -0.478 e. The zero-order valence-electron chi connectivity index (χ0n) is 11.2. The van der Waals surface area contributed by atoms with E-state index in [2.05, 4.69) is 9.97 Å². The smallest absolute Gasteiger partial charge is 0.337 e. The van der Waals surface area contributed by atoms with Crippen molar-refractivity contribution in [1.29, 1.82) is 0 Å². The summed E-state index contributed by atoms with van der Waals surface area (Å²) in [5.74, 6) is -0.0595. The lowest BCUT2D eigenvalue weighted by atomic mass is 10.0. The number of benzene rings is 1. The number of hydrogen-bond donors (Lipinski definition) is 1. The minimum absolute atomic E-state index is 0.194. The molecule has 0 aliphatic carbocycles. The first-order valence-corrected chi connectivity index (χ1v) is 6.18. The molecule has 0 amide bonds. The Labute approximate surface area is 115 Å². The monoisotopic (exact) mass is 267 g/mol. The van der Waals surface area contributed by atoms with Crippen LogP contribution in [-0.4, -0.2) is 25.6 Å². The fraction of sp³-hybridized carbons (Fsp3) is 0.133. The van der Waals surface area contributed by atoms with E-state index >= 15 is 0 Å². The Balaban J connectivity index is 2.23. The van der Waals surface area contributed by atoms with Crippen LogP contribution >= 0.6 is 0 Å². The topological polar surface area (TPSA) is 68.0 Å². The van der Waals surface area contributed by atoms with Gasteiger partial charge in [-0.15, -0.1) is 0 Å². The molecule has 0 aliphatic heterocycles. The van der Waals surface area contributed by atoms with Crippen LogP contribution in [-0.2, 0) is 7.05 Å². The largest absolute Gasteiger partial charge is 0.478 e. The summed E-state index contributed by atoms with van der Waals surface area (Å²) in [5, 5.41) is 9.23. The number of imidazole rings is 1. The van der Waals surface area contributed by atoms with Crippen LogP contribution in [0.3, 0.4) is 0 Å². The molecule has 1 N–H and O–H groups in total. The van der Waals surface area contributed by atoms with Gasteiger partial charge >= 0.3 is 5.97 Å². The molecule has 0 saturated carbocycles. The number of aryl methyl sites for hydroxylation is 2. The van der Waals surface area contributed by atoms with Gasteiger partial charge in [-0.1, -0.05) is 6.07 Å². The Morgan fingerprint density at radius 2 is 2.10 bits per heavy atom. The molecule has 0 fully saturated rings. The predicted molar refractivity (Wildman–Crippen MR) is 75.6 cm³/mol. The fourth-order valence-corrected chi connectivity index (χ4v) is 2.30. The summed E-state index contributed by atoms with van der Waals surface area (Å²) in [6, 6.07) is 7.48. The van der Waals surface area contributed by atoms with Crippen LogP contribution in [0.25, 0.3) is 22.2 Å². The Morgan fingerprint density at radius 3 is 2.85 bits per heavy atom. The average molecular weight is 267 g/mol. The van der Waals surface area contributed by atoms with Crippen molar-refractivity contribution in [2.75, 3.05) is 0 Å². The number of carboxylic acid groups (broad SMARTS) is 1. The zero-order chi connectivity index (χ0) is 14.3. The molecule has 0 saturated heterocycles. The second-order valence-corrected chi connectivity index (χ2v) is 4.65. The van der Waals surface area contributed by atoms with Crippen molar-refractivity contribution in [3.05, 3.63) is 48.0 Å². The van der Waals surface area contributed by atoms with Crippen LogP contribution in [0.1, 0.15) is 16.2 Å². The number of carboxylic acids is 1. The number of nitrogens with zero attached hydrogens (tertiary/aromatic N) is 3. The molecule has 0 bridgehead atoms. The van der Waals surface area contributed by atoms with Gasteiger partial charge in [-0.2, -0.15) is 0 Å². The summed E-state index contributed by atoms with van der Waals surface area (Å²) in [5.41, 5.74) is 3.56. The van der Waals surface area contributed by atoms with E-state index in [1.54, 1.807) is 12.3 Å². The van der Waals surface area contributed by atoms with Crippen molar-refractivity contribution in [1.82, 2.24) is 14.5 Å². The van der Waals surface area contributed by atoms with Gasteiger partial charge in [0.2, 0.25) is 0 Å². The van der Waals surface area contributed by atoms with Crippen molar-refractivity contribution in [2.24, 2.45) is 7.05 Å². The third-order valence-electron chi connectivity index (χ3n) is 3.47. The van der Waals surface area contributed by atoms with Gasteiger partial charge in [-0.25, -0.2) is 9.78 Å². The minimum atomic E-state index is -0.981. The summed E-state index contributed by atoms with van der Waals surface area (Å²) in [4.78, 5) is 19.6. The number of carbonyl (C=O) groups is 1. The third-order valence-corrected chi connectivity index (χ3v) is 3.47. The molecule has 100 valence electrons. The molecule has 3 aromatic rings. The Morgan fingerprint density at radius 1 is 1.30 bits per heavy atom. The molecule has 3 rings (SSSR count). The van der Waals surface area contributed by atoms with Gasteiger partial charge < -0.3 is 9.67 Å². The Hall–Kier alpha value is -2.69. The van der Waals surface area contributed by atoms with E-state index in [-0.39, 0.29) is 5.56 Å². The Bertz CT molecular complexity index is 821. The second-order valence-electron chi connectivity index (χ2n) is 4.65. The van der Waals surface area contributed by atoms with Gasteiger partial charge in [0.1, 0.15) is 5.82 Å². The van der Waals surface area contributed by atoms with Crippen molar-refractivity contribution < 1.29 is 9.90 Å². The van der Waals surface area contributed by atoms with Crippen LogP contribution < -0.4 is 0 Å². The van der Waals surface area contributed by atoms with Crippen LogP contribution in [0.4, 0.5) is 0 Å². The van der Waals surface area contributed by atoms with Crippen molar-refractivity contribution in [3.8, 4) is 11.1 Å². The SMILES string of the molecule is Cc1nc2cc(-c3ccncc3C(=O)O)ccc2n1C. The quantitative estimate of drug-likeness (QED) is 0.775. The van der Waals surface area contributed by atoms with Crippen LogP contribution in [0.5, 0.6) is 0 Å². The molecular formula is C15H13N3O2. The molecule has 1 aromatic carbocycles. The maximum absolute atomic E-state index is 11.3. The normalized spacial score (nSPS) is 10.9. The van der Waals surface area contributed by atoms with E-state index in [4.69, 9.17) is 0 Å². The van der Waals surface area contributed by atoms with Gasteiger partial charge in [0.05, 0.1) is 16.6 Å². The molecule has 5 heteroatoms. The summed E-state index contributed by atoms with van der Waals surface area (Å²) in [6.45, 7) is 1.94. The highest BCUT2D eigenvalue weighted by Crippen LogP contribution is 2.26. The molecule has 0 atom stereocenters. The number of aromatic nitrogens is 3. The molecule has 0 spiro atoms. The summed E-state index contributed by atoms with van der Waals surface area (Å²) in [7, 11) is 1.96. The van der Waals surface area contributed by atoms with E-state index < -0.39 is 5.97 Å². The van der Waals surface area contributed by atoms with Gasteiger partial charge in [0.25, 0.3) is 0 Å². The predicted octanol–water partition coefficient (Wildman–Crippen LogP) is 2.64. The molecular weight excluding hydrogens is 254 g/mol. The molecule has 5 nitrogen and oxygen atoms in total. The lowest BCUT2D eigenvalue weighted by Gasteiger charge is -2.05. The highest BCUT2D eigenvalue weighted by molar-refractivity contribution is 5.96. The highest BCUT2D eigenvalue weighted by atomic mass is 16.4. The van der Waals surface area contributed by atoms with E-state index in [1.165, 1.54) is 6.20 Å². The van der Waals surface area contributed by atoms with Gasteiger partial charge in [-0.3, -0.25) is 4.98 Å². The van der Waals surface area contributed by atoms with Gasteiger partial charge in [0, 0.05) is 19.4 Å². The van der Waals surface area contributed by atoms with Gasteiger partial charge in [-0.05, 0) is 36.2 Å². The second kappa shape index (κ2) is 4.45. The first kappa shape index (κ1) is 12.3.